The first kappa shape index (κ1) is 31.9. The maximum Gasteiger partial charge on any atom is 0.410 e. The van der Waals surface area contributed by atoms with Gasteiger partial charge in [-0.05, 0) is 43.9 Å². The van der Waals surface area contributed by atoms with Crippen LogP contribution in [0.25, 0.3) is 0 Å². The molecular formula is C35H42INO6. The number of halogens is 1. The first-order chi connectivity index (χ1) is 20.8. The molecule has 7 nitrogen and oxygen atoms in total. The summed E-state index contributed by atoms with van der Waals surface area (Å²) >= 11 is 2.35. The standard InChI is InChI=1S/C35H42INO6/c1-35(2,3)43-34(38)37-28(20-36)19-29-31(37)33(41-23-27-17-11-6-12-18-27)32(40-22-26-15-9-5-10-16-26)30(42-29)24-39-21-25-13-7-4-8-14-25/h4-18,28-33H,19-24H2,1-3H3/t28-,29+,30?,31?,32+,33-/m0/s1. The number of hydrogen-bond acceptors (Lipinski definition) is 6. The molecule has 3 aromatic rings. The lowest BCUT2D eigenvalue weighted by atomic mass is 9.92. The molecule has 0 aliphatic carbocycles. The summed E-state index contributed by atoms with van der Waals surface area (Å²) in [5.74, 6) is 0. The van der Waals surface area contributed by atoms with Crippen LogP contribution < -0.4 is 0 Å². The molecule has 2 unspecified atom stereocenters. The minimum Gasteiger partial charge on any atom is -0.444 e. The van der Waals surface area contributed by atoms with Crippen LogP contribution in [-0.4, -0.2) is 64.1 Å². The second-order valence-electron chi connectivity index (χ2n) is 12.2. The van der Waals surface area contributed by atoms with Crippen LogP contribution in [0.3, 0.4) is 0 Å². The van der Waals surface area contributed by atoms with Crippen molar-refractivity contribution in [1.29, 1.82) is 0 Å². The fourth-order valence-corrected chi connectivity index (χ4v) is 6.59. The zero-order chi connectivity index (χ0) is 30.2. The zero-order valence-corrected chi connectivity index (χ0v) is 27.3. The van der Waals surface area contributed by atoms with Crippen molar-refractivity contribution in [2.75, 3.05) is 11.0 Å². The van der Waals surface area contributed by atoms with Gasteiger partial charge in [0.25, 0.3) is 0 Å². The molecule has 0 bridgehead atoms. The largest absolute Gasteiger partial charge is 0.444 e. The Labute approximate surface area is 268 Å². The van der Waals surface area contributed by atoms with Crippen LogP contribution in [0.5, 0.6) is 0 Å². The molecule has 2 fully saturated rings. The van der Waals surface area contributed by atoms with Crippen molar-refractivity contribution in [3.63, 3.8) is 0 Å². The molecule has 0 aromatic heterocycles. The van der Waals surface area contributed by atoms with Gasteiger partial charge in [-0.25, -0.2) is 4.79 Å². The second kappa shape index (κ2) is 15.0. The Morgan fingerprint density at radius 3 is 1.84 bits per heavy atom. The van der Waals surface area contributed by atoms with Crippen molar-refractivity contribution in [3.8, 4) is 0 Å². The summed E-state index contributed by atoms with van der Waals surface area (Å²) < 4.78 is 33.1. The van der Waals surface area contributed by atoms with Crippen molar-refractivity contribution in [2.45, 2.75) is 89.1 Å². The van der Waals surface area contributed by atoms with Gasteiger partial charge < -0.3 is 23.7 Å². The van der Waals surface area contributed by atoms with E-state index < -0.39 is 17.8 Å². The van der Waals surface area contributed by atoms with Crippen LogP contribution in [0, 0.1) is 0 Å². The van der Waals surface area contributed by atoms with Crippen molar-refractivity contribution in [3.05, 3.63) is 108 Å². The van der Waals surface area contributed by atoms with Crippen LogP contribution in [0.15, 0.2) is 91.0 Å². The first-order valence-corrected chi connectivity index (χ1v) is 16.5. The molecule has 230 valence electrons. The van der Waals surface area contributed by atoms with Crippen molar-refractivity contribution in [1.82, 2.24) is 4.90 Å². The van der Waals surface area contributed by atoms with E-state index in [1.54, 1.807) is 0 Å². The van der Waals surface area contributed by atoms with E-state index in [1.165, 1.54) is 0 Å². The van der Waals surface area contributed by atoms with Gasteiger partial charge in [0.1, 0.15) is 23.9 Å². The average molecular weight is 700 g/mol. The Balaban J connectivity index is 1.45. The fraction of sp³-hybridized carbons (Fsp3) is 0.457. The number of nitrogens with zero attached hydrogens (tertiary/aromatic N) is 1. The van der Waals surface area contributed by atoms with Crippen LogP contribution in [0.2, 0.25) is 0 Å². The van der Waals surface area contributed by atoms with Gasteiger partial charge in [-0.2, -0.15) is 0 Å². The lowest BCUT2D eigenvalue weighted by Gasteiger charge is -2.46. The summed E-state index contributed by atoms with van der Waals surface area (Å²) in [7, 11) is 0. The van der Waals surface area contributed by atoms with Gasteiger partial charge in [-0.3, -0.25) is 4.90 Å². The van der Waals surface area contributed by atoms with E-state index in [1.807, 2.05) is 117 Å². The van der Waals surface area contributed by atoms with E-state index in [2.05, 4.69) is 22.6 Å². The highest BCUT2D eigenvalue weighted by molar-refractivity contribution is 14.1. The number of amides is 1. The molecule has 2 heterocycles. The van der Waals surface area contributed by atoms with Gasteiger partial charge in [0.2, 0.25) is 0 Å². The molecule has 8 heteroatoms. The summed E-state index contributed by atoms with van der Waals surface area (Å²) in [4.78, 5) is 15.6. The van der Waals surface area contributed by atoms with Crippen LogP contribution in [0.1, 0.15) is 43.9 Å². The molecule has 6 atom stereocenters. The van der Waals surface area contributed by atoms with E-state index in [0.29, 0.717) is 32.8 Å². The van der Waals surface area contributed by atoms with Gasteiger partial charge >= 0.3 is 6.09 Å². The molecule has 0 saturated carbocycles. The van der Waals surface area contributed by atoms with Crippen LogP contribution in [0.4, 0.5) is 4.79 Å². The lowest BCUT2D eigenvalue weighted by Crippen LogP contribution is -2.63. The monoisotopic (exact) mass is 699 g/mol. The molecule has 0 radical (unpaired) electrons. The highest BCUT2D eigenvalue weighted by Gasteiger charge is 2.57. The summed E-state index contributed by atoms with van der Waals surface area (Å²) in [5.41, 5.74) is 2.57. The van der Waals surface area contributed by atoms with Gasteiger partial charge in [0.05, 0.1) is 38.6 Å². The maximum atomic E-state index is 13.7. The summed E-state index contributed by atoms with van der Waals surface area (Å²) in [6.07, 6.45) is -1.23. The number of benzene rings is 3. The molecule has 3 aromatic carbocycles. The Morgan fingerprint density at radius 2 is 1.33 bits per heavy atom. The molecule has 1 amide bonds. The fourth-order valence-electron chi connectivity index (χ4n) is 5.81. The number of likely N-dealkylation sites (tertiary alicyclic amines) is 1. The molecule has 2 aliphatic rings. The molecule has 0 N–H and O–H groups in total. The predicted molar refractivity (Wildman–Crippen MR) is 174 cm³/mol. The Bertz CT molecular complexity index is 1270. The van der Waals surface area contributed by atoms with E-state index >= 15 is 0 Å². The minimum absolute atomic E-state index is 0.0490. The molecule has 43 heavy (non-hydrogen) atoms. The second-order valence-corrected chi connectivity index (χ2v) is 13.0. The average Bonchev–Trinajstić information content (AvgIpc) is 3.38. The van der Waals surface area contributed by atoms with Crippen LogP contribution in [-0.2, 0) is 43.5 Å². The number of carbonyl (C=O) groups excluding carboxylic acids is 1. The lowest BCUT2D eigenvalue weighted by molar-refractivity contribution is -0.234. The van der Waals surface area contributed by atoms with E-state index in [4.69, 9.17) is 23.7 Å². The number of carbonyl (C=O) groups is 1. The number of hydrogen-bond donors (Lipinski definition) is 0. The normalized spacial score (nSPS) is 25.3. The molecular weight excluding hydrogens is 657 g/mol. The van der Waals surface area contributed by atoms with Gasteiger partial charge in [-0.1, -0.05) is 114 Å². The van der Waals surface area contributed by atoms with Crippen molar-refractivity contribution in [2.24, 2.45) is 0 Å². The Kier molecular flexibility index (Phi) is 11.1. The third kappa shape index (κ3) is 8.57. The molecule has 0 spiro atoms. The van der Waals surface area contributed by atoms with E-state index in [-0.39, 0.29) is 30.4 Å². The Morgan fingerprint density at radius 1 is 0.814 bits per heavy atom. The number of ether oxygens (including phenoxy) is 5. The number of alkyl halides is 1. The third-order valence-corrected chi connectivity index (χ3v) is 8.74. The summed E-state index contributed by atoms with van der Waals surface area (Å²) in [6, 6.07) is 29.9. The number of rotatable bonds is 11. The Hall–Kier alpha value is -2.50. The summed E-state index contributed by atoms with van der Waals surface area (Å²) in [6.45, 7) is 7.25. The van der Waals surface area contributed by atoms with Gasteiger partial charge in [0, 0.05) is 10.5 Å². The SMILES string of the molecule is CC(C)(C)OC(=O)N1C2[C@@H](C[C@H]1CI)OC(COCc1ccccc1)[C@@H](OCc1ccccc1)[C@H]2OCc1ccccc1. The summed E-state index contributed by atoms with van der Waals surface area (Å²) in [5, 5.41) is 0. The molecule has 5 rings (SSSR count). The predicted octanol–water partition coefficient (Wildman–Crippen LogP) is 6.95. The van der Waals surface area contributed by atoms with E-state index in [9.17, 15) is 4.79 Å². The highest BCUT2D eigenvalue weighted by Crippen LogP contribution is 2.40. The topological polar surface area (TPSA) is 66.5 Å². The minimum atomic E-state index is -0.627. The zero-order valence-electron chi connectivity index (χ0n) is 25.1. The maximum absolute atomic E-state index is 13.7. The smallest absolute Gasteiger partial charge is 0.410 e. The quantitative estimate of drug-likeness (QED) is 0.160. The van der Waals surface area contributed by atoms with Gasteiger partial charge in [0.15, 0.2) is 0 Å². The van der Waals surface area contributed by atoms with Crippen molar-refractivity contribution >= 4 is 28.7 Å². The molecule has 2 saturated heterocycles. The highest BCUT2D eigenvalue weighted by atomic mass is 127. The third-order valence-electron chi connectivity index (χ3n) is 7.72. The van der Waals surface area contributed by atoms with Crippen LogP contribution >= 0.6 is 22.6 Å². The van der Waals surface area contributed by atoms with Gasteiger partial charge in [-0.15, -0.1) is 0 Å². The first-order valence-electron chi connectivity index (χ1n) is 15.0. The molecule has 2 aliphatic heterocycles. The van der Waals surface area contributed by atoms with Crippen molar-refractivity contribution < 1.29 is 28.5 Å². The van der Waals surface area contributed by atoms with E-state index in [0.717, 1.165) is 21.1 Å². The number of fused-ring (bicyclic) bond motifs is 1.